The summed E-state index contributed by atoms with van der Waals surface area (Å²) < 4.78 is 23.5. The van der Waals surface area contributed by atoms with Gasteiger partial charge in [-0.2, -0.15) is 0 Å². The second-order valence-electron chi connectivity index (χ2n) is 12.6. The maximum absolute atomic E-state index is 14.4. The smallest absolute Gasteiger partial charge is 0.321 e. The summed E-state index contributed by atoms with van der Waals surface area (Å²) in [6, 6.07) is 12.6. The van der Waals surface area contributed by atoms with Crippen LogP contribution in [0.4, 0.5) is 16.2 Å². The van der Waals surface area contributed by atoms with E-state index in [2.05, 4.69) is 15.6 Å². The van der Waals surface area contributed by atoms with Gasteiger partial charge in [-0.3, -0.25) is 14.6 Å². The minimum absolute atomic E-state index is 0.138. The van der Waals surface area contributed by atoms with E-state index in [1.165, 1.54) is 12.4 Å². The molecule has 0 bridgehead atoms. The molecule has 3 aromatic rings. The van der Waals surface area contributed by atoms with Crippen molar-refractivity contribution in [3.63, 3.8) is 0 Å². The standard InChI is InChI=1S/C36H45N5O8/c1-23-19-41(24(2)21-42)35(44)29-17-27(38-34(43)26-12-14-37-15-13-26)8-10-30(29)49-25(3)7-5-6-16-46-33(23)20-40(4)36(45)39-28-9-11-31-32(18-28)48-22-47-31/h8-15,17-18,23-25,33,42H,5-7,16,19-22H2,1-4H3,(H,38,43)(H,39,45)/t23-,24+,25+,33-/m0/s1. The number of rotatable bonds is 7. The van der Waals surface area contributed by atoms with Gasteiger partial charge >= 0.3 is 6.03 Å². The number of pyridine rings is 1. The molecule has 0 saturated carbocycles. The molecule has 3 heterocycles. The lowest BCUT2D eigenvalue weighted by Gasteiger charge is -2.35. The van der Waals surface area contributed by atoms with E-state index in [1.54, 1.807) is 72.3 Å². The van der Waals surface area contributed by atoms with Gasteiger partial charge in [0.1, 0.15) is 5.75 Å². The van der Waals surface area contributed by atoms with Crippen LogP contribution in [0.1, 0.15) is 60.7 Å². The summed E-state index contributed by atoms with van der Waals surface area (Å²) in [6.07, 6.45) is 4.80. The lowest BCUT2D eigenvalue weighted by Crippen LogP contribution is -2.48. The van der Waals surface area contributed by atoms with E-state index in [4.69, 9.17) is 18.9 Å². The van der Waals surface area contributed by atoms with Crippen LogP contribution in [-0.2, 0) is 4.74 Å². The summed E-state index contributed by atoms with van der Waals surface area (Å²) in [5, 5.41) is 16.0. The topological polar surface area (TPSA) is 152 Å². The first-order chi connectivity index (χ1) is 23.6. The highest BCUT2D eigenvalue weighted by atomic mass is 16.7. The van der Waals surface area contributed by atoms with Gasteiger partial charge < -0.3 is 44.5 Å². The van der Waals surface area contributed by atoms with E-state index < -0.39 is 12.1 Å². The predicted molar refractivity (Wildman–Crippen MR) is 183 cm³/mol. The zero-order chi connectivity index (χ0) is 34.9. The number of anilines is 2. The van der Waals surface area contributed by atoms with Crippen LogP contribution >= 0.6 is 0 Å². The Bertz CT molecular complexity index is 1610. The quantitative estimate of drug-likeness (QED) is 0.314. The SMILES string of the molecule is C[C@@H]1CCCCO[C@@H](CN(C)C(=O)Nc2ccc3c(c2)OCO3)[C@@H](C)CN([C@H](C)CO)C(=O)c2cc(NC(=O)c3ccncc3)ccc2O1. The number of aliphatic hydroxyl groups is 1. The molecule has 0 saturated heterocycles. The van der Waals surface area contributed by atoms with Gasteiger partial charge in [-0.05, 0) is 75.6 Å². The molecule has 2 aliphatic heterocycles. The van der Waals surface area contributed by atoms with Crippen molar-refractivity contribution in [3.8, 4) is 17.2 Å². The third kappa shape index (κ3) is 9.18. The highest BCUT2D eigenvalue weighted by Crippen LogP contribution is 2.34. The van der Waals surface area contributed by atoms with Gasteiger partial charge in [0.25, 0.3) is 11.8 Å². The molecular weight excluding hydrogens is 630 g/mol. The molecule has 262 valence electrons. The molecule has 0 radical (unpaired) electrons. The fourth-order valence-electron chi connectivity index (χ4n) is 5.72. The largest absolute Gasteiger partial charge is 0.490 e. The molecule has 0 aliphatic carbocycles. The van der Waals surface area contributed by atoms with Crippen molar-refractivity contribution >= 4 is 29.2 Å². The average molecular weight is 676 g/mol. The van der Waals surface area contributed by atoms with Crippen molar-refractivity contribution in [3.05, 3.63) is 72.1 Å². The van der Waals surface area contributed by atoms with Crippen LogP contribution in [-0.4, -0.2) is 96.1 Å². The molecule has 1 aromatic heterocycles. The van der Waals surface area contributed by atoms with Gasteiger partial charge in [0.15, 0.2) is 11.5 Å². The number of benzene rings is 2. The zero-order valence-corrected chi connectivity index (χ0v) is 28.4. The van der Waals surface area contributed by atoms with E-state index >= 15 is 0 Å². The van der Waals surface area contributed by atoms with Gasteiger partial charge in [0.05, 0.1) is 30.4 Å². The van der Waals surface area contributed by atoms with Gasteiger partial charge in [-0.25, -0.2) is 4.79 Å². The monoisotopic (exact) mass is 675 g/mol. The number of carbonyl (C=O) groups excluding carboxylic acids is 3. The van der Waals surface area contributed by atoms with Crippen LogP contribution in [0.3, 0.4) is 0 Å². The normalized spacial score (nSPS) is 20.3. The van der Waals surface area contributed by atoms with Crippen LogP contribution in [0, 0.1) is 5.92 Å². The zero-order valence-electron chi connectivity index (χ0n) is 28.4. The minimum Gasteiger partial charge on any atom is -0.490 e. The summed E-state index contributed by atoms with van der Waals surface area (Å²) in [4.78, 5) is 47.6. The number of fused-ring (bicyclic) bond motifs is 2. The molecule has 3 N–H and O–H groups in total. The van der Waals surface area contributed by atoms with Crippen LogP contribution in [0.25, 0.3) is 0 Å². The van der Waals surface area contributed by atoms with Gasteiger partial charge in [0, 0.05) is 68.1 Å². The number of hydrogen-bond donors (Lipinski definition) is 3. The second-order valence-corrected chi connectivity index (χ2v) is 12.6. The molecule has 49 heavy (non-hydrogen) atoms. The molecule has 0 unspecified atom stereocenters. The molecule has 4 amide bonds. The number of hydrogen-bond acceptors (Lipinski definition) is 9. The predicted octanol–water partition coefficient (Wildman–Crippen LogP) is 5.02. The van der Waals surface area contributed by atoms with Crippen molar-refractivity contribution in [1.82, 2.24) is 14.8 Å². The fourth-order valence-corrected chi connectivity index (χ4v) is 5.72. The van der Waals surface area contributed by atoms with E-state index in [0.717, 1.165) is 19.3 Å². The van der Waals surface area contributed by atoms with Crippen LogP contribution in [0.5, 0.6) is 17.2 Å². The summed E-state index contributed by atoms with van der Waals surface area (Å²) in [5.41, 5.74) is 1.69. The Balaban J connectivity index is 1.36. The molecule has 13 nitrogen and oxygen atoms in total. The highest BCUT2D eigenvalue weighted by Gasteiger charge is 2.31. The Hall–Kier alpha value is -4.88. The molecule has 2 aromatic carbocycles. The van der Waals surface area contributed by atoms with Crippen LogP contribution < -0.4 is 24.8 Å². The van der Waals surface area contributed by atoms with E-state index in [1.807, 2.05) is 13.8 Å². The van der Waals surface area contributed by atoms with Crippen LogP contribution in [0.2, 0.25) is 0 Å². The molecular formula is C36H45N5O8. The van der Waals surface area contributed by atoms with E-state index in [9.17, 15) is 19.5 Å². The first-order valence-electron chi connectivity index (χ1n) is 16.6. The number of amides is 4. The van der Waals surface area contributed by atoms with Gasteiger partial charge in [-0.15, -0.1) is 0 Å². The third-order valence-corrected chi connectivity index (χ3v) is 8.68. The molecule has 0 spiro atoms. The Morgan fingerprint density at radius 2 is 1.71 bits per heavy atom. The number of carbonyl (C=O) groups is 3. The number of urea groups is 1. The van der Waals surface area contributed by atoms with Gasteiger partial charge in [-0.1, -0.05) is 6.92 Å². The van der Waals surface area contributed by atoms with Crippen LogP contribution in [0.15, 0.2) is 60.9 Å². The maximum atomic E-state index is 14.4. The summed E-state index contributed by atoms with van der Waals surface area (Å²) in [6.45, 7) is 6.52. The Labute approximate surface area is 286 Å². The molecule has 4 atom stereocenters. The highest BCUT2D eigenvalue weighted by molar-refractivity contribution is 6.05. The number of ether oxygens (including phenoxy) is 4. The third-order valence-electron chi connectivity index (χ3n) is 8.68. The summed E-state index contributed by atoms with van der Waals surface area (Å²) in [5.74, 6) is 0.646. The number of aromatic nitrogens is 1. The molecule has 13 heteroatoms. The van der Waals surface area contributed by atoms with Crippen molar-refractivity contribution in [2.75, 3.05) is 50.8 Å². The summed E-state index contributed by atoms with van der Waals surface area (Å²) >= 11 is 0. The summed E-state index contributed by atoms with van der Waals surface area (Å²) in [7, 11) is 1.69. The molecule has 0 fully saturated rings. The Kier molecular flexibility index (Phi) is 11.9. The Morgan fingerprint density at radius 1 is 1.00 bits per heavy atom. The first kappa shape index (κ1) is 35.4. The number of nitrogens with one attached hydrogen (secondary N) is 2. The number of nitrogens with zero attached hydrogens (tertiary/aromatic N) is 3. The first-order valence-corrected chi connectivity index (χ1v) is 16.6. The molecule has 5 rings (SSSR count). The number of aliphatic hydroxyl groups excluding tert-OH is 1. The molecule has 2 aliphatic rings. The fraction of sp³-hybridized carbons (Fsp3) is 0.444. The number of likely N-dealkylation sites (N-methyl/N-ethyl adjacent to an activating group) is 1. The Morgan fingerprint density at radius 3 is 2.47 bits per heavy atom. The van der Waals surface area contributed by atoms with E-state index in [0.29, 0.717) is 40.8 Å². The average Bonchev–Trinajstić information content (AvgIpc) is 3.58. The minimum atomic E-state index is -0.545. The van der Waals surface area contributed by atoms with Crippen molar-refractivity contribution in [1.29, 1.82) is 0 Å². The lowest BCUT2D eigenvalue weighted by molar-refractivity contribution is -0.0115. The lowest BCUT2D eigenvalue weighted by atomic mass is 10.0. The second kappa shape index (κ2) is 16.5. The van der Waals surface area contributed by atoms with E-state index in [-0.39, 0.29) is 61.9 Å². The van der Waals surface area contributed by atoms with Crippen molar-refractivity contribution in [2.24, 2.45) is 5.92 Å². The van der Waals surface area contributed by atoms with Crippen molar-refractivity contribution < 1.29 is 38.4 Å². The van der Waals surface area contributed by atoms with Crippen molar-refractivity contribution in [2.45, 2.75) is 58.3 Å². The van der Waals surface area contributed by atoms with Gasteiger partial charge in [0.2, 0.25) is 6.79 Å². The maximum Gasteiger partial charge on any atom is 0.321 e.